The lowest BCUT2D eigenvalue weighted by atomic mass is 9.91. The van der Waals surface area contributed by atoms with Crippen LogP contribution >= 0.6 is 15.9 Å². The number of nitrogens with zero attached hydrogens (tertiary/aromatic N) is 1. The highest BCUT2D eigenvalue weighted by molar-refractivity contribution is 9.10. The van der Waals surface area contributed by atoms with Crippen molar-refractivity contribution >= 4 is 32.7 Å². The number of aliphatic hydroxyl groups is 1. The minimum Gasteiger partial charge on any atom is -0.387 e. The molecule has 0 aromatic carbocycles. The first-order chi connectivity index (χ1) is 11.1. The number of aromatic amines is 1. The summed E-state index contributed by atoms with van der Waals surface area (Å²) >= 11 is 3.61. The summed E-state index contributed by atoms with van der Waals surface area (Å²) in [4.78, 5) is 7.69. The first-order valence-corrected chi connectivity index (χ1v) is 9.25. The maximum Gasteiger partial charge on any atom is 0.139 e. The van der Waals surface area contributed by atoms with Crippen molar-refractivity contribution in [1.29, 1.82) is 0 Å². The van der Waals surface area contributed by atoms with Crippen molar-refractivity contribution in [1.82, 2.24) is 9.97 Å². The summed E-state index contributed by atoms with van der Waals surface area (Å²) in [7, 11) is 0. The zero-order valence-corrected chi connectivity index (χ0v) is 15.1. The van der Waals surface area contributed by atoms with Crippen LogP contribution in [0.25, 0.3) is 11.0 Å². The smallest absolute Gasteiger partial charge is 0.139 e. The Morgan fingerprint density at radius 2 is 2.17 bits per heavy atom. The number of aromatic nitrogens is 2. The van der Waals surface area contributed by atoms with Crippen molar-refractivity contribution in [3.8, 4) is 0 Å². The molecule has 1 atom stereocenters. The van der Waals surface area contributed by atoms with Crippen molar-refractivity contribution in [2.45, 2.75) is 63.6 Å². The third-order valence-electron chi connectivity index (χ3n) is 4.67. The Balaban J connectivity index is 1.87. The number of nitrogens with two attached hydrogens (primary N) is 1. The molecule has 0 amide bonds. The minimum atomic E-state index is -0.464. The molecule has 1 fully saturated rings. The Bertz CT molecular complexity index is 664. The largest absolute Gasteiger partial charge is 0.387 e. The quantitative estimate of drug-likeness (QED) is 0.634. The topological polar surface area (TPSA) is 87.0 Å². The molecule has 5 N–H and O–H groups in total. The molecule has 2 heterocycles. The summed E-state index contributed by atoms with van der Waals surface area (Å²) in [6.45, 7) is 2.07. The number of pyridine rings is 1. The summed E-state index contributed by atoms with van der Waals surface area (Å²) < 4.78 is 0.954. The van der Waals surface area contributed by atoms with Gasteiger partial charge in [-0.2, -0.15) is 0 Å². The second-order valence-electron chi connectivity index (χ2n) is 6.53. The van der Waals surface area contributed by atoms with Crippen LogP contribution in [0.3, 0.4) is 0 Å². The molecule has 3 rings (SSSR count). The van der Waals surface area contributed by atoms with E-state index in [0.717, 1.165) is 65.4 Å². The van der Waals surface area contributed by atoms with E-state index in [2.05, 4.69) is 38.1 Å². The van der Waals surface area contributed by atoms with E-state index in [1.165, 1.54) is 0 Å². The van der Waals surface area contributed by atoms with Crippen LogP contribution in [0.4, 0.5) is 5.69 Å². The fourth-order valence-electron chi connectivity index (χ4n) is 3.29. The second kappa shape index (κ2) is 7.20. The number of halogens is 1. The molecule has 0 spiro atoms. The van der Waals surface area contributed by atoms with Crippen LogP contribution in [-0.2, 0) is 0 Å². The molecule has 6 heteroatoms. The second-order valence-corrected chi connectivity index (χ2v) is 7.38. The Morgan fingerprint density at radius 1 is 1.43 bits per heavy atom. The predicted octanol–water partition coefficient (Wildman–Crippen LogP) is 3.84. The Kier molecular flexibility index (Phi) is 5.24. The van der Waals surface area contributed by atoms with Crippen LogP contribution in [0.5, 0.6) is 0 Å². The fourth-order valence-corrected chi connectivity index (χ4v) is 3.72. The average Bonchev–Trinajstić information content (AvgIpc) is 2.97. The van der Waals surface area contributed by atoms with Crippen LogP contribution in [-0.4, -0.2) is 27.2 Å². The fraction of sp³-hybridized carbons (Fsp3) is 0.588. The van der Waals surface area contributed by atoms with Gasteiger partial charge < -0.3 is 21.1 Å². The Hall–Kier alpha value is -1.11. The lowest BCUT2D eigenvalue weighted by Crippen LogP contribution is -2.32. The molecule has 1 aliphatic rings. The first kappa shape index (κ1) is 16.7. The number of H-pyrrole nitrogens is 1. The SMILES string of the molecule is CCCC(O)c1cc2c(NC3CCC(N)CC3)c(Br)cnc2[nH]1. The molecule has 2 aromatic heterocycles. The van der Waals surface area contributed by atoms with Gasteiger partial charge >= 0.3 is 0 Å². The van der Waals surface area contributed by atoms with Gasteiger partial charge in [0.05, 0.1) is 16.3 Å². The van der Waals surface area contributed by atoms with E-state index in [9.17, 15) is 5.11 Å². The predicted molar refractivity (Wildman–Crippen MR) is 97.5 cm³/mol. The van der Waals surface area contributed by atoms with Crippen molar-refractivity contribution in [3.63, 3.8) is 0 Å². The van der Waals surface area contributed by atoms with E-state index >= 15 is 0 Å². The highest BCUT2D eigenvalue weighted by Gasteiger charge is 2.21. The van der Waals surface area contributed by atoms with E-state index in [4.69, 9.17) is 5.73 Å². The highest BCUT2D eigenvalue weighted by Crippen LogP contribution is 2.34. The van der Waals surface area contributed by atoms with Gasteiger partial charge in [-0.3, -0.25) is 0 Å². The number of fused-ring (bicyclic) bond motifs is 1. The zero-order valence-electron chi connectivity index (χ0n) is 13.5. The Morgan fingerprint density at radius 3 is 2.87 bits per heavy atom. The molecular formula is C17H25BrN4O. The van der Waals surface area contributed by atoms with E-state index in [1.54, 1.807) is 0 Å². The van der Waals surface area contributed by atoms with E-state index in [0.29, 0.717) is 12.1 Å². The van der Waals surface area contributed by atoms with Crippen molar-refractivity contribution in [2.24, 2.45) is 5.73 Å². The monoisotopic (exact) mass is 380 g/mol. The molecule has 2 aromatic rings. The molecule has 0 radical (unpaired) electrons. The number of rotatable bonds is 5. The van der Waals surface area contributed by atoms with Gasteiger partial charge in [-0.15, -0.1) is 0 Å². The van der Waals surface area contributed by atoms with Gasteiger partial charge in [-0.25, -0.2) is 4.98 Å². The summed E-state index contributed by atoms with van der Waals surface area (Å²) in [6.07, 6.45) is 7.35. The number of anilines is 1. The van der Waals surface area contributed by atoms with E-state index in [1.807, 2.05) is 12.3 Å². The lowest BCUT2D eigenvalue weighted by molar-refractivity contribution is 0.162. The normalized spacial score (nSPS) is 23.1. The van der Waals surface area contributed by atoms with Crippen LogP contribution < -0.4 is 11.1 Å². The summed E-state index contributed by atoms with van der Waals surface area (Å²) in [5.74, 6) is 0. The van der Waals surface area contributed by atoms with E-state index < -0.39 is 6.10 Å². The number of hydrogen-bond donors (Lipinski definition) is 4. The highest BCUT2D eigenvalue weighted by atomic mass is 79.9. The van der Waals surface area contributed by atoms with Gasteiger partial charge in [0.15, 0.2) is 0 Å². The van der Waals surface area contributed by atoms with Crippen LogP contribution in [0, 0.1) is 0 Å². The molecular weight excluding hydrogens is 356 g/mol. The number of nitrogens with one attached hydrogen (secondary N) is 2. The molecule has 0 saturated heterocycles. The van der Waals surface area contributed by atoms with Gasteiger partial charge in [0, 0.05) is 29.4 Å². The molecule has 1 saturated carbocycles. The Labute approximate surface area is 145 Å². The third kappa shape index (κ3) is 3.70. The molecule has 1 unspecified atom stereocenters. The summed E-state index contributed by atoms with van der Waals surface area (Å²) in [5, 5.41) is 14.9. The summed E-state index contributed by atoms with van der Waals surface area (Å²) in [5.41, 5.74) is 8.70. The van der Waals surface area contributed by atoms with Gasteiger partial charge in [0.1, 0.15) is 5.65 Å². The third-order valence-corrected chi connectivity index (χ3v) is 5.28. The molecule has 5 nitrogen and oxygen atoms in total. The van der Waals surface area contributed by atoms with Crippen molar-refractivity contribution in [3.05, 3.63) is 22.4 Å². The van der Waals surface area contributed by atoms with Gasteiger partial charge in [0.25, 0.3) is 0 Å². The lowest BCUT2D eigenvalue weighted by Gasteiger charge is -2.28. The van der Waals surface area contributed by atoms with Gasteiger partial charge in [0.2, 0.25) is 0 Å². The maximum absolute atomic E-state index is 10.2. The molecule has 1 aliphatic carbocycles. The number of hydrogen-bond acceptors (Lipinski definition) is 4. The van der Waals surface area contributed by atoms with Crippen molar-refractivity contribution in [2.75, 3.05) is 5.32 Å². The van der Waals surface area contributed by atoms with E-state index in [-0.39, 0.29) is 0 Å². The molecule has 0 aliphatic heterocycles. The van der Waals surface area contributed by atoms with Crippen molar-refractivity contribution < 1.29 is 5.11 Å². The maximum atomic E-state index is 10.2. The van der Waals surface area contributed by atoms with Crippen LogP contribution in [0.2, 0.25) is 0 Å². The molecule has 126 valence electrons. The van der Waals surface area contributed by atoms with Crippen LogP contribution in [0.1, 0.15) is 57.2 Å². The zero-order chi connectivity index (χ0) is 16.4. The molecule has 23 heavy (non-hydrogen) atoms. The first-order valence-electron chi connectivity index (χ1n) is 8.45. The van der Waals surface area contributed by atoms with Gasteiger partial charge in [-0.1, -0.05) is 13.3 Å². The average molecular weight is 381 g/mol. The summed E-state index contributed by atoms with van der Waals surface area (Å²) in [6, 6.07) is 2.80. The standard InChI is InChI=1S/C17H25BrN4O/c1-2-3-15(23)14-8-12-16(13(18)9-20-17(12)22-14)21-11-6-4-10(19)5-7-11/h8-11,15,23H,2-7,19H2,1H3,(H2,20,21,22). The minimum absolute atomic E-state index is 0.344. The van der Waals surface area contributed by atoms with Crippen LogP contribution in [0.15, 0.2) is 16.7 Å². The molecule has 0 bridgehead atoms. The number of aliphatic hydroxyl groups excluding tert-OH is 1. The van der Waals surface area contributed by atoms with Gasteiger partial charge in [-0.05, 0) is 54.1 Å².